The Morgan fingerprint density at radius 3 is 2.32 bits per heavy atom. The summed E-state index contributed by atoms with van der Waals surface area (Å²) in [5.74, 6) is 0.268. The van der Waals surface area contributed by atoms with E-state index in [-0.39, 0.29) is 24.4 Å². The number of carbonyl (C=O) groups is 1. The predicted molar refractivity (Wildman–Crippen MR) is 89.2 cm³/mol. The number of nitrogens with zero attached hydrogens (tertiary/aromatic N) is 1. The summed E-state index contributed by atoms with van der Waals surface area (Å²) in [4.78, 5) is 15.2. The van der Waals surface area contributed by atoms with Gasteiger partial charge in [-0.3, -0.25) is 4.79 Å². The van der Waals surface area contributed by atoms with Gasteiger partial charge >= 0.3 is 0 Å². The summed E-state index contributed by atoms with van der Waals surface area (Å²) in [5, 5.41) is 0. The molecule has 0 aliphatic carbocycles. The lowest BCUT2D eigenvalue weighted by Gasteiger charge is -2.42. The molecule has 3 rings (SSSR count). The number of benzene rings is 1. The fraction of sp³-hybridized carbons (Fsp3) is 0.588. The van der Waals surface area contributed by atoms with Crippen LogP contribution in [0.15, 0.2) is 30.3 Å². The summed E-state index contributed by atoms with van der Waals surface area (Å²) >= 11 is 0. The van der Waals surface area contributed by atoms with E-state index in [1.54, 1.807) is 0 Å². The minimum absolute atomic E-state index is 0. The lowest BCUT2D eigenvalue weighted by atomic mass is 9.72. The van der Waals surface area contributed by atoms with Crippen LogP contribution in [0.1, 0.15) is 31.2 Å². The molecule has 0 spiro atoms. The molecule has 0 unspecified atom stereocenters. The van der Waals surface area contributed by atoms with E-state index in [2.05, 4.69) is 12.1 Å². The summed E-state index contributed by atoms with van der Waals surface area (Å²) in [7, 11) is 0. The summed E-state index contributed by atoms with van der Waals surface area (Å²) < 4.78 is 5.51. The van der Waals surface area contributed by atoms with Gasteiger partial charge in [0.15, 0.2) is 0 Å². The Hall–Kier alpha value is -1.10. The van der Waals surface area contributed by atoms with Crippen molar-refractivity contribution in [3.05, 3.63) is 35.9 Å². The molecule has 2 fully saturated rings. The number of likely N-dealkylation sites (tertiary alicyclic amines) is 1. The highest BCUT2D eigenvalue weighted by Gasteiger charge is 2.44. The summed E-state index contributed by atoms with van der Waals surface area (Å²) in [6, 6.07) is 10.5. The number of rotatable bonds is 2. The Kier molecular flexibility index (Phi) is 5.84. The normalized spacial score (nSPS) is 22.0. The van der Waals surface area contributed by atoms with Crippen molar-refractivity contribution in [2.24, 2.45) is 5.73 Å². The first-order valence-corrected chi connectivity index (χ1v) is 7.91. The van der Waals surface area contributed by atoms with E-state index in [1.807, 2.05) is 23.1 Å². The number of nitrogens with two attached hydrogens (primary N) is 1. The van der Waals surface area contributed by atoms with Crippen molar-refractivity contribution in [3.63, 3.8) is 0 Å². The third-order valence-corrected chi connectivity index (χ3v) is 4.91. The van der Waals surface area contributed by atoms with Gasteiger partial charge in [0.05, 0.1) is 5.41 Å². The first-order valence-electron chi connectivity index (χ1n) is 7.91. The van der Waals surface area contributed by atoms with E-state index in [4.69, 9.17) is 10.5 Å². The predicted octanol–water partition coefficient (Wildman–Crippen LogP) is 2.11. The SMILES string of the molecule is Cl.NC1CCN(C(=O)C2(c3ccccc3)CCOCC2)CC1. The Morgan fingerprint density at radius 2 is 1.73 bits per heavy atom. The zero-order valence-corrected chi connectivity index (χ0v) is 13.7. The molecule has 2 aliphatic rings. The lowest BCUT2D eigenvalue weighted by Crippen LogP contribution is -2.53. The topological polar surface area (TPSA) is 55.6 Å². The lowest BCUT2D eigenvalue weighted by molar-refractivity contribution is -0.142. The molecule has 2 heterocycles. The second-order valence-corrected chi connectivity index (χ2v) is 6.19. The van der Waals surface area contributed by atoms with Crippen molar-refractivity contribution in [3.8, 4) is 0 Å². The second-order valence-electron chi connectivity index (χ2n) is 6.19. The van der Waals surface area contributed by atoms with Gasteiger partial charge in [0, 0.05) is 32.3 Å². The molecule has 1 aromatic carbocycles. The molecule has 5 heteroatoms. The average molecular weight is 325 g/mol. The third-order valence-electron chi connectivity index (χ3n) is 4.91. The van der Waals surface area contributed by atoms with Gasteiger partial charge < -0.3 is 15.4 Å². The second kappa shape index (κ2) is 7.44. The zero-order chi connectivity index (χ0) is 14.7. The molecule has 0 saturated carbocycles. The van der Waals surface area contributed by atoms with E-state index >= 15 is 0 Å². The Bertz CT molecular complexity index is 481. The number of hydrogen-bond donors (Lipinski definition) is 1. The molecule has 0 atom stereocenters. The third kappa shape index (κ3) is 3.29. The van der Waals surface area contributed by atoms with Crippen molar-refractivity contribution in [1.82, 2.24) is 4.90 Å². The van der Waals surface area contributed by atoms with Crippen LogP contribution < -0.4 is 5.73 Å². The van der Waals surface area contributed by atoms with Crippen LogP contribution in [0.25, 0.3) is 0 Å². The van der Waals surface area contributed by atoms with Gasteiger partial charge in [-0.2, -0.15) is 0 Å². The molecule has 0 aromatic heterocycles. The molecule has 0 bridgehead atoms. The van der Waals surface area contributed by atoms with Crippen LogP contribution in [0, 0.1) is 0 Å². The van der Waals surface area contributed by atoms with E-state index in [0.717, 1.165) is 44.3 Å². The first-order chi connectivity index (χ1) is 10.2. The van der Waals surface area contributed by atoms with E-state index in [0.29, 0.717) is 13.2 Å². The van der Waals surface area contributed by atoms with Crippen molar-refractivity contribution in [2.45, 2.75) is 37.1 Å². The number of ether oxygens (including phenoxy) is 1. The Balaban J connectivity index is 0.00000176. The number of halogens is 1. The maximum atomic E-state index is 13.2. The molecule has 2 saturated heterocycles. The fourth-order valence-electron chi connectivity index (χ4n) is 3.51. The van der Waals surface area contributed by atoms with Crippen LogP contribution in [0.2, 0.25) is 0 Å². The quantitative estimate of drug-likeness (QED) is 0.906. The Labute approximate surface area is 138 Å². The molecule has 1 amide bonds. The van der Waals surface area contributed by atoms with Gasteiger partial charge in [-0.15, -0.1) is 12.4 Å². The van der Waals surface area contributed by atoms with Crippen molar-refractivity contribution in [2.75, 3.05) is 26.3 Å². The zero-order valence-electron chi connectivity index (χ0n) is 12.9. The van der Waals surface area contributed by atoms with E-state index < -0.39 is 5.41 Å². The number of hydrogen-bond acceptors (Lipinski definition) is 3. The molecular weight excluding hydrogens is 300 g/mol. The molecular formula is C17H25ClN2O2. The maximum Gasteiger partial charge on any atom is 0.233 e. The largest absolute Gasteiger partial charge is 0.381 e. The van der Waals surface area contributed by atoms with Crippen molar-refractivity contribution >= 4 is 18.3 Å². The number of amides is 1. The van der Waals surface area contributed by atoms with Gasteiger partial charge in [-0.25, -0.2) is 0 Å². The molecule has 2 N–H and O–H groups in total. The van der Waals surface area contributed by atoms with Crippen LogP contribution in [-0.4, -0.2) is 43.2 Å². The summed E-state index contributed by atoms with van der Waals surface area (Å²) in [6.07, 6.45) is 3.37. The molecule has 22 heavy (non-hydrogen) atoms. The smallest absolute Gasteiger partial charge is 0.233 e. The van der Waals surface area contributed by atoms with Gasteiger partial charge in [-0.05, 0) is 31.2 Å². The van der Waals surface area contributed by atoms with Gasteiger partial charge in [0.2, 0.25) is 5.91 Å². The van der Waals surface area contributed by atoms with Crippen LogP contribution in [-0.2, 0) is 14.9 Å². The summed E-state index contributed by atoms with van der Waals surface area (Å²) in [6.45, 7) is 2.90. The molecule has 0 radical (unpaired) electrons. The Morgan fingerprint density at radius 1 is 1.14 bits per heavy atom. The standard InChI is InChI=1S/C17H24N2O2.ClH/c18-15-6-10-19(11-7-15)16(20)17(8-12-21-13-9-17)14-4-2-1-3-5-14;/h1-5,15H,6-13,18H2;1H. The van der Waals surface area contributed by atoms with Crippen LogP contribution in [0.5, 0.6) is 0 Å². The number of carbonyl (C=O) groups excluding carboxylic acids is 1. The van der Waals surface area contributed by atoms with E-state index in [1.165, 1.54) is 0 Å². The number of piperidine rings is 1. The highest BCUT2D eigenvalue weighted by atomic mass is 35.5. The van der Waals surface area contributed by atoms with Gasteiger partial charge in [0.25, 0.3) is 0 Å². The molecule has 1 aromatic rings. The van der Waals surface area contributed by atoms with Crippen molar-refractivity contribution < 1.29 is 9.53 Å². The first kappa shape index (κ1) is 17.3. The van der Waals surface area contributed by atoms with Crippen LogP contribution in [0.4, 0.5) is 0 Å². The van der Waals surface area contributed by atoms with Crippen LogP contribution >= 0.6 is 12.4 Å². The minimum Gasteiger partial charge on any atom is -0.381 e. The highest BCUT2D eigenvalue weighted by molar-refractivity contribution is 5.88. The highest BCUT2D eigenvalue weighted by Crippen LogP contribution is 2.37. The fourth-order valence-corrected chi connectivity index (χ4v) is 3.51. The monoisotopic (exact) mass is 324 g/mol. The van der Waals surface area contributed by atoms with Crippen LogP contribution in [0.3, 0.4) is 0 Å². The van der Waals surface area contributed by atoms with Gasteiger partial charge in [-0.1, -0.05) is 30.3 Å². The molecule has 4 nitrogen and oxygen atoms in total. The van der Waals surface area contributed by atoms with Gasteiger partial charge in [0.1, 0.15) is 0 Å². The maximum absolute atomic E-state index is 13.2. The van der Waals surface area contributed by atoms with Crippen molar-refractivity contribution in [1.29, 1.82) is 0 Å². The minimum atomic E-state index is -0.402. The molecule has 2 aliphatic heterocycles. The summed E-state index contributed by atoms with van der Waals surface area (Å²) in [5.41, 5.74) is 6.69. The average Bonchev–Trinajstić information content (AvgIpc) is 2.56. The molecule has 122 valence electrons. The van der Waals surface area contributed by atoms with E-state index in [9.17, 15) is 4.79 Å².